The summed E-state index contributed by atoms with van der Waals surface area (Å²) in [5, 5.41) is 23.3. The molecule has 0 saturated heterocycles. The molecule has 0 aromatic heterocycles. The van der Waals surface area contributed by atoms with Crippen LogP contribution in [0.15, 0.2) is 24.3 Å². The molecule has 0 amide bonds. The lowest BCUT2D eigenvalue weighted by Gasteiger charge is -2.34. The van der Waals surface area contributed by atoms with Crippen molar-refractivity contribution in [2.45, 2.75) is 154 Å². The predicted molar refractivity (Wildman–Crippen MR) is 212 cm³/mol. The number of ether oxygens (including phenoxy) is 5. The Hall–Kier alpha value is -4.28. The van der Waals surface area contributed by atoms with Crippen molar-refractivity contribution in [3.8, 4) is 23.0 Å². The predicted octanol–water partition coefficient (Wildman–Crippen LogP) is 9.37. The molecule has 2 rings (SSSR count). The van der Waals surface area contributed by atoms with E-state index in [1.54, 1.807) is 12.1 Å². The van der Waals surface area contributed by atoms with Crippen molar-refractivity contribution >= 4 is 23.9 Å². The van der Waals surface area contributed by atoms with Crippen molar-refractivity contribution in [1.82, 2.24) is 0 Å². The Morgan fingerprint density at radius 2 is 0.673 bits per heavy atom. The number of benzene rings is 2. The van der Waals surface area contributed by atoms with Gasteiger partial charge in [0.15, 0.2) is 0 Å². The quantitative estimate of drug-likeness (QED) is 0.0869. The Morgan fingerprint density at radius 1 is 0.436 bits per heavy atom. The van der Waals surface area contributed by atoms with Crippen LogP contribution in [0.4, 0.5) is 0 Å². The highest BCUT2D eigenvalue weighted by Crippen LogP contribution is 2.49. The van der Waals surface area contributed by atoms with E-state index < -0.39 is 21.7 Å². The molecule has 0 heterocycles. The maximum Gasteiger partial charge on any atom is 0.305 e. The molecule has 0 radical (unpaired) electrons. The van der Waals surface area contributed by atoms with E-state index in [0.29, 0.717) is 74.0 Å². The number of phenolic OH excluding ortho intramolecular Hbond substituents is 2. The average molecular weight is 771 g/mol. The average Bonchev–Trinajstić information content (AvgIpc) is 3.11. The minimum Gasteiger partial charge on any atom is -0.508 e. The third kappa shape index (κ3) is 13.5. The fourth-order valence-electron chi connectivity index (χ4n) is 7.21. The van der Waals surface area contributed by atoms with Crippen LogP contribution in [-0.2, 0) is 59.8 Å². The van der Waals surface area contributed by atoms with Gasteiger partial charge in [-0.05, 0) is 97.3 Å². The third-order valence-electron chi connectivity index (χ3n) is 11.0. The molecular weight excluding hydrogens is 704 g/mol. The summed E-state index contributed by atoms with van der Waals surface area (Å²) in [5.41, 5.74) is 0.457. The van der Waals surface area contributed by atoms with Gasteiger partial charge in [0, 0.05) is 47.9 Å². The van der Waals surface area contributed by atoms with Crippen LogP contribution in [0, 0.1) is 0 Å². The first-order valence-electron chi connectivity index (χ1n) is 19.3. The molecule has 2 aromatic carbocycles. The van der Waals surface area contributed by atoms with Crippen LogP contribution >= 0.6 is 0 Å². The van der Waals surface area contributed by atoms with Gasteiger partial charge in [-0.1, -0.05) is 55.4 Å². The first-order valence-corrected chi connectivity index (χ1v) is 19.3. The highest BCUT2D eigenvalue weighted by atomic mass is 16.5. The second-order valence-corrected chi connectivity index (χ2v) is 17.1. The first-order chi connectivity index (χ1) is 25.5. The van der Waals surface area contributed by atoms with Gasteiger partial charge in [-0.15, -0.1) is 0 Å². The molecular formula is C44H66O11. The summed E-state index contributed by atoms with van der Waals surface area (Å²) in [4.78, 5) is 47.9. The van der Waals surface area contributed by atoms with Crippen molar-refractivity contribution < 1.29 is 53.1 Å². The zero-order valence-electron chi connectivity index (χ0n) is 35.4. The summed E-state index contributed by atoms with van der Waals surface area (Å²) < 4.78 is 26.5. The Labute approximate surface area is 328 Å². The summed E-state index contributed by atoms with van der Waals surface area (Å²) in [6.07, 6.45) is 5.48. The molecule has 0 atom stereocenters. The largest absolute Gasteiger partial charge is 0.508 e. The summed E-state index contributed by atoms with van der Waals surface area (Å²) in [6, 6.07) is 7.22. The highest BCUT2D eigenvalue weighted by molar-refractivity contribution is 5.70. The SMILES string of the molecule is COC(=O)CCCC(C)(C)c1cc(Oc2cc(C(C)(C)CCCC(=O)OC)c(O)cc2C(C)(C)CCCC(=O)OC)c(C(C)(C)CCCC(=O)OC)cc1O. The molecule has 2 N–H and O–H groups in total. The minimum absolute atomic E-state index is 0.0907. The van der Waals surface area contributed by atoms with Gasteiger partial charge in [0.2, 0.25) is 0 Å². The second-order valence-electron chi connectivity index (χ2n) is 17.1. The zero-order chi connectivity index (χ0) is 41.8. The van der Waals surface area contributed by atoms with Crippen LogP contribution in [0.25, 0.3) is 0 Å². The van der Waals surface area contributed by atoms with Crippen molar-refractivity contribution in [3.05, 3.63) is 46.5 Å². The number of carbonyl (C=O) groups is 4. The van der Waals surface area contributed by atoms with Crippen LogP contribution in [-0.4, -0.2) is 62.5 Å². The Kier molecular flexibility index (Phi) is 17.1. The lowest BCUT2D eigenvalue weighted by atomic mass is 9.74. The lowest BCUT2D eigenvalue weighted by Crippen LogP contribution is -2.23. The molecule has 0 aliphatic heterocycles. The van der Waals surface area contributed by atoms with Crippen molar-refractivity contribution in [2.24, 2.45) is 0 Å². The summed E-state index contributed by atoms with van der Waals surface area (Å²) >= 11 is 0. The molecule has 0 bridgehead atoms. The van der Waals surface area contributed by atoms with E-state index in [0.717, 1.165) is 11.1 Å². The molecule has 0 saturated carbocycles. The monoisotopic (exact) mass is 770 g/mol. The van der Waals surface area contributed by atoms with Gasteiger partial charge in [-0.3, -0.25) is 19.2 Å². The highest BCUT2D eigenvalue weighted by Gasteiger charge is 2.34. The first kappa shape index (κ1) is 46.9. The molecule has 308 valence electrons. The Morgan fingerprint density at radius 3 is 0.909 bits per heavy atom. The fraction of sp³-hybridized carbons (Fsp3) is 0.636. The molecule has 0 fully saturated rings. The van der Waals surface area contributed by atoms with Crippen LogP contribution in [0.2, 0.25) is 0 Å². The number of esters is 4. The normalized spacial score (nSPS) is 12.2. The molecule has 0 aliphatic rings. The van der Waals surface area contributed by atoms with Gasteiger partial charge >= 0.3 is 23.9 Å². The van der Waals surface area contributed by atoms with E-state index in [4.69, 9.17) is 23.7 Å². The fourth-order valence-corrected chi connectivity index (χ4v) is 7.21. The van der Waals surface area contributed by atoms with Gasteiger partial charge in [-0.2, -0.15) is 0 Å². The van der Waals surface area contributed by atoms with Crippen molar-refractivity contribution in [3.63, 3.8) is 0 Å². The van der Waals surface area contributed by atoms with E-state index in [1.807, 2.05) is 67.5 Å². The van der Waals surface area contributed by atoms with Crippen LogP contribution in [0.5, 0.6) is 23.0 Å². The van der Waals surface area contributed by atoms with Gasteiger partial charge in [0.1, 0.15) is 23.0 Å². The second kappa shape index (κ2) is 20.1. The molecule has 55 heavy (non-hydrogen) atoms. The van der Waals surface area contributed by atoms with Crippen LogP contribution in [0.3, 0.4) is 0 Å². The maximum atomic E-state index is 12.0. The van der Waals surface area contributed by atoms with Gasteiger partial charge in [-0.25, -0.2) is 0 Å². The summed E-state index contributed by atoms with van der Waals surface area (Å²) in [6.45, 7) is 16.2. The smallest absolute Gasteiger partial charge is 0.305 e. The number of rotatable bonds is 22. The van der Waals surface area contributed by atoms with E-state index in [1.165, 1.54) is 28.4 Å². The maximum absolute atomic E-state index is 12.0. The molecule has 0 spiro atoms. The van der Waals surface area contributed by atoms with Gasteiger partial charge < -0.3 is 33.9 Å². The number of methoxy groups -OCH3 is 4. The minimum atomic E-state index is -0.572. The zero-order valence-corrected chi connectivity index (χ0v) is 35.4. The molecule has 2 aromatic rings. The van der Waals surface area contributed by atoms with E-state index >= 15 is 0 Å². The Bertz CT molecular complexity index is 1510. The summed E-state index contributed by atoms with van der Waals surface area (Å²) in [5.74, 6) is -0.0151. The van der Waals surface area contributed by atoms with Gasteiger partial charge in [0.05, 0.1) is 28.4 Å². The van der Waals surface area contributed by atoms with Crippen molar-refractivity contribution in [2.75, 3.05) is 28.4 Å². The molecule has 0 aliphatic carbocycles. The summed E-state index contributed by atoms with van der Waals surface area (Å²) in [7, 11) is 5.46. The number of hydrogen-bond acceptors (Lipinski definition) is 11. The van der Waals surface area contributed by atoms with Crippen LogP contribution in [0.1, 0.15) is 155 Å². The van der Waals surface area contributed by atoms with Crippen LogP contribution < -0.4 is 4.74 Å². The lowest BCUT2D eigenvalue weighted by molar-refractivity contribution is -0.141. The van der Waals surface area contributed by atoms with E-state index in [9.17, 15) is 29.4 Å². The van der Waals surface area contributed by atoms with Gasteiger partial charge in [0.25, 0.3) is 0 Å². The van der Waals surface area contributed by atoms with E-state index in [2.05, 4.69) is 0 Å². The van der Waals surface area contributed by atoms with E-state index in [-0.39, 0.29) is 61.1 Å². The topological polar surface area (TPSA) is 155 Å². The molecule has 0 unspecified atom stereocenters. The number of hydrogen-bond donors (Lipinski definition) is 2. The number of aromatic hydroxyl groups is 2. The van der Waals surface area contributed by atoms with Crippen molar-refractivity contribution in [1.29, 1.82) is 0 Å². The molecule has 11 nitrogen and oxygen atoms in total. The number of phenols is 2. The Balaban J connectivity index is 2.85. The third-order valence-corrected chi connectivity index (χ3v) is 11.0. The molecule has 11 heteroatoms. The number of carbonyl (C=O) groups excluding carboxylic acids is 4. The standard InChI is InChI=1S/C44H66O11/c1-41(2,21-13-17-37(47)51-9)29-27-35(31(25-33(29)45)43(5,6)23-15-19-39(49)53-11)55-36-28-30(42(3,4)22-14-18-38(48)52-10)34(46)26-32(36)44(7,8)24-16-20-40(50)54-12/h25-28,45-46H,13-24H2,1-12H3.